The van der Waals surface area contributed by atoms with Crippen molar-refractivity contribution in [2.24, 2.45) is 5.92 Å². The maximum absolute atomic E-state index is 3.61. The summed E-state index contributed by atoms with van der Waals surface area (Å²) in [5.41, 5.74) is 6.89. The normalized spacial score (nSPS) is 20.0. The van der Waals surface area contributed by atoms with Crippen LogP contribution >= 0.6 is 0 Å². The molecule has 1 heteroatoms. The summed E-state index contributed by atoms with van der Waals surface area (Å²) >= 11 is 0. The van der Waals surface area contributed by atoms with Gasteiger partial charge in [-0.3, -0.25) is 0 Å². The Labute approximate surface area is 147 Å². The predicted molar refractivity (Wildman–Crippen MR) is 107 cm³/mol. The molecule has 1 N–H and O–H groups in total. The van der Waals surface area contributed by atoms with Gasteiger partial charge in [0.15, 0.2) is 0 Å². The highest BCUT2D eigenvalue weighted by molar-refractivity contribution is 5.79. The van der Waals surface area contributed by atoms with Crippen LogP contribution in [0.15, 0.2) is 71.5 Å². The molecule has 1 aliphatic heterocycles. The van der Waals surface area contributed by atoms with E-state index in [0.29, 0.717) is 12.0 Å². The molecular formula is C23H31N. The number of dihydropyridines is 1. The van der Waals surface area contributed by atoms with E-state index in [1.165, 1.54) is 34.3 Å². The Balaban J connectivity index is 0.00000100. The zero-order chi connectivity index (χ0) is 17.5. The van der Waals surface area contributed by atoms with Crippen molar-refractivity contribution in [2.45, 2.75) is 53.5 Å². The fraction of sp³-hybridized carbons (Fsp3) is 0.391. The second-order valence-corrected chi connectivity index (χ2v) is 6.47. The Morgan fingerprint density at radius 2 is 1.67 bits per heavy atom. The van der Waals surface area contributed by atoms with E-state index in [0.717, 1.165) is 6.42 Å². The lowest BCUT2D eigenvalue weighted by atomic mass is 9.83. The van der Waals surface area contributed by atoms with Crippen molar-refractivity contribution < 1.29 is 0 Å². The van der Waals surface area contributed by atoms with Gasteiger partial charge >= 0.3 is 0 Å². The summed E-state index contributed by atoms with van der Waals surface area (Å²) in [7, 11) is 0. The monoisotopic (exact) mass is 321 g/mol. The molecule has 0 saturated heterocycles. The third-order valence-electron chi connectivity index (χ3n) is 4.52. The van der Waals surface area contributed by atoms with E-state index in [1.807, 2.05) is 13.8 Å². The molecule has 0 amide bonds. The van der Waals surface area contributed by atoms with Crippen LogP contribution in [-0.4, -0.2) is 6.04 Å². The summed E-state index contributed by atoms with van der Waals surface area (Å²) in [6.45, 7) is 10.8. The van der Waals surface area contributed by atoms with Gasteiger partial charge in [0.05, 0.1) is 6.04 Å². The highest BCUT2D eigenvalue weighted by atomic mass is 14.9. The first-order valence-electron chi connectivity index (χ1n) is 9.27. The van der Waals surface area contributed by atoms with E-state index in [4.69, 9.17) is 0 Å². The van der Waals surface area contributed by atoms with Crippen LogP contribution in [0.3, 0.4) is 0 Å². The lowest BCUT2D eigenvalue weighted by Gasteiger charge is -2.29. The van der Waals surface area contributed by atoms with Gasteiger partial charge in [-0.1, -0.05) is 76.3 Å². The zero-order valence-corrected chi connectivity index (χ0v) is 15.8. The average Bonchev–Trinajstić information content (AvgIpc) is 2.64. The van der Waals surface area contributed by atoms with Crippen molar-refractivity contribution in [1.29, 1.82) is 0 Å². The predicted octanol–water partition coefficient (Wildman–Crippen LogP) is 6.27. The maximum Gasteiger partial charge on any atom is 0.0698 e. The molecule has 0 spiro atoms. The quantitative estimate of drug-likeness (QED) is 0.691. The molecule has 0 aromatic heterocycles. The molecule has 0 fully saturated rings. The summed E-state index contributed by atoms with van der Waals surface area (Å²) in [6, 6.07) is 10.9. The minimum absolute atomic E-state index is 0.307. The summed E-state index contributed by atoms with van der Waals surface area (Å²) in [6.07, 6.45) is 11.7. The number of rotatable bonds is 3. The number of hydrogen-bond acceptors (Lipinski definition) is 1. The first kappa shape index (κ1) is 18.3. The maximum atomic E-state index is 3.61. The smallest absolute Gasteiger partial charge is 0.0698 e. The molecule has 1 aliphatic carbocycles. The molecular weight excluding hydrogens is 290 g/mol. The second-order valence-electron chi connectivity index (χ2n) is 6.47. The van der Waals surface area contributed by atoms with E-state index < -0.39 is 0 Å². The van der Waals surface area contributed by atoms with Crippen molar-refractivity contribution in [3.05, 3.63) is 77.0 Å². The summed E-state index contributed by atoms with van der Waals surface area (Å²) in [5.74, 6) is 0.585. The molecule has 24 heavy (non-hydrogen) atoms. The molecule has 1 aromatic rings. The molecule has 0 radical (unpaired) electrons. The van der Waals surface area contributed by atoms with Crippen LogP contribution in [0.4, 0.5) is 0 Å². The molecule has 2 aliphatic rings. The Morgan fingerprint density at radius 1 is 1.00 bits per heavy atom. The third kappa shape index (κ3) is 4.08. The topological polar surface area (TPSA) is 12.0 Å². The van der Waals surface area contributed by atoms with Gasteiger partial charge in [-0.25, -0.2) is 0 Å². The van der Waals surface area contributed by atoms with E-state index in [9.17, 15) is 0 Å². The molecule has 128 valence electrons. The standard InChI is InChI=1S/C21H25N.C2H6/c1-15(2)18-11-7-8-12-19(18)21-13-16(3)20(14-22-21)17-9-5-4-6-10-17;1-2/h4-6,9-15,21-22H,7-8H2,1-3H3;1-2H3. The highest BCUT2D eigenvalue weighted by Gasteiger charge is 2.22. The summed E-state index contributed by atoms with van der Waals surface area (Å²) in [4.78, 5) is 0. The lowest BCUT2D eigenvalue weighted by molar-refractivity contribution is 0.697. The van der Waals surface area contributed by atoms with E-state index >= 15 is 0 Å². The summed E-state index contributed by atoms with van der Waals surface area (Å²) < 4.78 is 0. The fourth-order valence-electron chi connectivity index (χ4n) is 3.37. The molecule has 1 atom stereocenters. The van der Waals surface area contributed by atoms with Crippen molar-refractivity contribution in [3.8, 4) is 0 Å². The molecule has 0 bridgehead atoms. The molecule has 1 unspecified atom stereocenters. The Morgan fingerprint density at radius 3 is 2.29 bits per heavy atom. The lowest BCUT2D eigenvalue weighted by Crippen LogP contribution is -2.30. The Kier molecular flexibility index (Phi) is 6.66. The van der Waals surface area contributed by atoms with Crippen LogP contribution in [0.25, 0.3) is 5.57 Å². The van der Waals surface area contributed by atoms with E-state index in [2.05, 4.69) is 80.8 Å². The fourth-order valence-corrected chi connectivity index (χ4v) is 3.37. The van der Waals surface area contributed by atoms with Crippen LogP contribution in [0.5, 0.6) is 0 Å². The Bertz CT molecular complexity index is 657. The van der Waals surface area contributed by atoms with Crippen LogP contribution in [0.2, 0.25) is 0 Å². The van der Waals surface area contributed by atoms with Crippen molar-refractivity contribution in [3.63, 3.8) is 0 Å². The first-order chi connectivity index (χ1) is 11.7. The number of allylic oxidation sites excluding steroid dienone is 4. The SMILES string of the molecule is CC.CC1=CC(C2=CCCC=C2C(C)C)NC=C1c1ccccc1. The van der Waals surface area contributed by atoms with E-state index in [1.54, 1.807) is 0 Å². The molecule has 1 heterocycles. The van der Waals surface area contributed by atoms with Crippen molar-refractivity contribution in [1.82, 2.24) is 5.32 Å². The molecule has 1 aromatic carbocycles. The van der Waals surface area contributed by atoms with Crippen LogP contribution < -0.4 is 5.32 Å². The molecule has 0 saturated carbocycles. The van der Waals surface area contributed by atoms with Crippen LogP contribution in [0.1, 0.15) is 53.0 Å². The minimum atomic E-state index is 0.307. The molecule has 1 nitrogen and oxygen atoms in total. The van der Waals surface area contributed by atoms with Crippen LogP contribution in [-0.2, 0) is 0 Å². The second kappa shape index (κ2) is 8.73. The van der Waals surface area contributed by atoms with Gasteiger partial charge in [-0.2, -0.15) is 0 Å². The highest BCUT2D eigenvalue weighted by Crippen LogP contribution is 2.32. The van der Waals surface area contributed by atoms with Gasteiger partial charge < -0.3 is 5.32 Å². The van der Waals surface area contributed by atoms with Crippen LogP contribution in [0, 0.1) is 5.92 Å². The largest absolute Gasteiger partial charge is 0.380 e. The van der Waals surface area contributed by atoms with E-state index in [-0.39, 0.29) is 0 Å². The van der Waals surface area contributed by atoms with Gasteiger partial charge in [0.25, 0.3) is 0 Å². The first-order valence-corrected chi connectivity index (χ1v) is 9.27. The van der Waals surface area contributed by atoms with Gasteiger partial charge in [0.2, 0.25) is 0 Å². The molecule has 3 rings (SSSR count). The number of benzene rings is 1. The minimum Gasteiger partial charge on any atom is -0.380 e. The van der Waals surface area contributed by atoms with Gasteiger partial charge in [-0.05, 0) is 48.0 Å². The number of hydrogen-bond donors (Lipinski definition) is 1. The number of nitrogens with one attached hydrogen (secondary N) is 1. The average molecular weight is 322 g/mol. The Hall–Kier alpha value is -2.02. The summed E-state index contributed by atoms with van der Waals surface area (Å²) in [5, 5.41) is 3.61. The van der Waals surface area contributed by atoms with Crippen molar-refractivity contribution >= 4 is 5.57 Å². The van der Waals surface area contributed by atoms with Crippen molar-refractivity contribution in [2.75, 3.05) is 0 Å². The third-order valence-corrected chi connectivity index (χ3v) is 4.52. The zero-order valence-electron chi connectivity index (χ0n) is 15.8. The van der Waals surface area contributed by atoms with Gasteiger partial charge in [0, 0.05) is 11.8 Å². The van der Waals surface area contributed by atoms with Gasteiger partial charge in [-0.15, -0.1) is 0 Å². The van der Waals surface area contributed by atoms with Gasteiger partial charge in [0.1, 0.15) is 0 Å².